The monoisotopic (exact) mass is 155 g/mol. The zero-order valence-corrected chi connectivity index (χ0v) is 7.17. The normalized spacial score (nSPS) is 25.4. The molecule has 0 spiro atoms. The lowest BCUT2D eigenvalue weighted by Crippen LogP contribution is -2.32. The van der Waals surface area contributed by atoms with E-state index in [9.17, 15) is 4.79 Å². The van der Waals surface area contributed by atoms with Crippen LogP contribution in [0.2, 0.25) is 0 Å². The van der Waals surface area contributed by atoms with Crippen LogP contribution in [0.25, 0.3) is 0 Å². The van der Waals surface area contributed by atoms with Gasteiger partial charge in [-0.15, -0.1) is 5.06 Å². The minimum atomic E-state index is -0.126. The van der Waals surface area contributed by atoms with E-state index in [1.54, 1.807) is 5.06 Å². The minimum Gasteiger partial charge on any atom is -0.368 e. The average Bonchev–Trinajstić information content (AvgIpc) is 2.37. The Bertz CT molecular complexity index is 151. The fourth-order valence-corrected chi connectivity index (χ4v) is 1.24. The molecule has 62 valence electrons. The molecular weight excluding hydrogens is 141 g/mol. The van der Waals surface area contributed by atoms with Gasteiger partial charge in [0.1, 0.15) is 7.85 Å². The van der Waals surface area contributed by atoms with Crippen molar-refractivity contribution in [3.05, 3.63) is 0 Å². The lowest BCUT2D eigenvalue weighted by Gasteiger charge is -2.19. The van der Waals surface area contributed by atoms with Crippen molar-refractivity contribution in [2.45, 2.75) is 32.1 Å². The van der Waals surface area contributed by atoms with Crippen LogP contribution < -0.4 is 0 Å². The average molecular weight is 155 g/mol. The molecule has 1 fully saturated rings. The van der Waals surface area contributed by atoms with Crippen LogP contribution in [-0.4, -0.2) is 31.4 Å². The molecule has 0 saturated carbocycles. The minimum absolute atomic E-state index is 0.126. The van der Waals surface area contributed by atoms with E-state index in [2.05, 4.69) is 7.85 Å². The number of nitrogens with zero attached hydrogens (tertiary/aromatic N) is 1. The predicted octanol–water partition coefficient (Wildman–Crippen LogP) is -0.0904. The molecule has 0 radical (unpaired) electrons. The van der Waals surface area contributed by atoms with Crippen LogP contribution >= 0.6 is 0 Å². The molecule has 4 heteroatoms. The van der Waals surface area contributed by atoms with Crippen molar-refractivity contribution in [1.29, 1.82) is 0 Å². The summed E-state index contributed by atoms with van der Waals surface area (Å²) in [6.07, 6.45) is 2.73. The van der Waals surface area contributed by atoms with Gasteiger partial charge >= 0.3 is 5.97 Å². The Balaban J connectivity index is 2.30. The number of carbonyl (C=O) groups is 1. The molecule has 0 aromatic rings. The van der Waals surface area contributed by atoms with Crippen LogP contribution in [0, 0.1) is 0 Å². The van der Waals surface area contributed by atoms with E-state index in [0.717, 1.165) is 19.4 Å². The van der Waals surface area contributed by atoms with Gasteiger partial charge in [-0.25, -0.2) is 0 Å². The Morgan fingerprint density at radius 3 is 3.00 bits per heavy atom. The second-order valence-electron chi connectivity index (χ2n) is 2.95. The molecule has 1 aliphatic heterocycles. The summed E-state index contributed by atoms with van der Waals surface area (Å²) in [5.74, 6) is 0.282. The Kier molecular flexibility index (Phi) is 2.94. The van der Waals surface area contributed by atoms with Gasteiger partial charge in [-0.2, -0.15) is 0 Å². The molecule has 0 aromatic heterocycles. The van der Waals surface area contributed by atoms with Gasteiger partial charge < -0.3 is 4.84 Å². The third-order valence-electron chi connectivity index (χ3n) is 2.00. The summed E-state index contributed by atoms with van der Waals surface area (Å²) in [4.78, 5) is 15.9. The highest BCUT2D eigenvalue weighted by molar-refractivity contribution is 6.11. The molecule has 1 aliphatic rings. The largest absolute Gasteiger partial charge is 0.368 e. The molecule has 11 heavy (non-hydrogen) atoms. The molecular formula is C7H14BNO2. The van der Waals surface area contributed by atoms with Gasteiger partial charge in [0.15, 0.2) is 0 Å². The summed E-state index contributed by atoms with van der Waals surface area (Å²) >= 11 is 0. The highest BCUT2D eigenvalue weighted by atomic mass is 16.7. The van der Waals surface area contributed by atoms with Gasteiger partial charge in [0, 0.05) is 18.9 Å². The van der Waals surface area contributed by atoms with Crippen LogP contribution in [-0.2, 0) is 9.63 Å². The highest BCUT2D eigenvalue weighted by Crippen LogP contribution is 2.14. The van der Waals surface area contributed by atoms with Crippen LogP contribution in [0.5, 0.6) is 0 Å². The number of carbonyl (C=O) groups excluding carboxylic acids is 1. The fraction of sp³-hybridized carbons (Fsp3) is 0.857. The van der Waals surface area contributed by atoms with Crippen LogP contribution in [0.1, 0.15) is 26.2 Å². The van der Waals surface area contributed by atoms with E-state index in [-0.39, 0.29) is 5.97 Å². The Morgan fingerprint density at radius 2 is 2.55 bits per heavy atom. The summed E-state index contributed by atoms with van der Waals surface area (Å²) in [6.45, 7) is 2.70. The molecule has 0 bridgehead atoms. The van der Waals surface area contributed by atoms with Crippen molar-refractivity contribution < 1.29 is 9.63 Å². The zero-order chi connectivity index (χ0) is 8.27. The van der Waals surface area contributed by atoms with Crippen molar-refractivity contribution in [2.75, 3.05) is 6.54 Å². The lowest BCUT2D eigenvalue weighted by atomic mass is 9.95. The van der Waals surface area contributed by atoms with Gasteiger partial charge in [-0.05, 0) is 12.8 Å². The Hall–Kier alpha value is -0.505. The highest BCUT2D eigenvalue weighted by Gasteiger charge is 2.22. The summed E-state index contributed by atoms with van der Waals surface area (Å²) < 4.78 is 0. The predicted molar refractivity (Wildman–Crippen MR) is 44.7 cm³/mol. The molecule has 0 amide bonds. The molecule has 0 aromatic carbocycles. The Morgan fingerprint density at radius 1 is 1.82 bits per heavy atom. The molecule has 1 atom stereocenters. The quantitative estimate of drug-likeness (QED) is 0.522. The molecule has 0 N–H and O–H groups in total. The molecule has 1 saturated heterocycles. The first-order valence-electron chi connectivity index (χ1n) is 4.21. The maximum Gasteiger partial charge on any atom is 0.324 e. The molecule has 1 heterocycles. The first kappa shape index (κ1) is 8.59. The van der Waals surface area contributed by atoms with Gasteiger partial charge in [0.05, 0.1) is 0 Å². The SMILES string of the molecule is BC1CCCN1OC(=O)CC. The van der Waals surface area contributed by atoms with E-state index in [1.807, 2.05) is 6.92 Å². The molecule has 0 aliphatic carbocycles. The van der Waals surface area contributed by atoms with Gasteiger partial charge in [0.2, 0.25) is 0 Å². The van der Waals surface area contributed by atoms with Gasteiger partial charge in [0.25, 0.3) is 0 Å². The fourth-order valence-electron chi connectivity index (χ4n) is 1.24. The number of hydrogen-bond donors (Lipinski definition) is 0. The molecule has 1 rings (SSSR count). The van der Waals surface area contributed by atoms with E-state index in [0.29, 0.717) is 12.4 Å². The van der Waals surface area contributed by atoms with Gasteiger partial charge in [-0.1, -0.05) is 6.92 Å². The topological polar surface area (TPSA) is 29.5 Å². The van der Waals surface area contributed by atoms with Crippen molar-refractivity contribution in [3.8, 4) is 0 Å². The van der Waals surface area contributed by atoms with Crippen molar-refractivity contribution >= 4 is 13.8 Å². The lowest BCUT2D eigenvalue weighted by molar-refractivity contribution is -0.188. The number of hydroxylamine groups is 2. The first-order valence-corrected chi connectivity index (χ1v) is 4.21. The number of hydrogen-bond acceptors (Lipinski definition) is 3. The molecule has 1 unspecified atom stereocenters. The van der Waals surface area contributed by atoms with Gasteiger partial charge in [-0.3, -0.25) is 4.79 Å². The van der Waals surface area contributed by atoms with E-state index >= 15 is 0 Å². The first-order chi connectivity index (χ1) is 5.24. The maximum absolute atomic E-state index is 10.8. The molecule has 3 nitrogen and oxygen atoms in total. The maximum atomic E-state index is 10.8. The summed E-state index contributed by atoms with van der Waals surface area (Å²) in [5, 5.41) is 1.78. The van der Waals surface area contributed by atoms with Crippen molar-refractivity contribution in [2.24, 2.45) is 0 Å². The second-order valence-corrected chi connectivity index (χ2v) is 2.95. The third-order valence-corrected chi connectivity index (χ3v) is 2.00. The standard InChI is InChI=1S/C7H14BNO2/c1-2-7(10)11-9-5-3-4-6(9)8/h6H,2-5,8H2,1H3. The van der Waals surface area contributed by atoms with E-state index in [1.165, 1.54) is 0 Å². The second kappa shape index (κ2) is 3.76. The van der Waals surface area contributed by atoms with Crippen LogP contribution in [0.4, 0.5) is 0 Å². The summed E-state index contributed by atoms with van der Waals surface area (Å²) in [5.41, 5.74) is 0. The third kappa shape index (κ3) is 2.22. The van der Waals surface area contributed by atoms with E-state index < -0.39 is 0 Å². The van der Waals surface area contributed by atoms with E-state index in [4.69, 9.17) is 4.84 Å². The van der Waals surface area contributed by atoms with Crippen molar-refractivity contribution in [3.63, 3.8) is 0 Å². The number of rotatable bonds is 2. The Labute approximate surface area is 68.1 Å². The zero-order valence-electron chi connectivity index (χ0n) is 7.17. The van der Waals surface area contributed by atoms with Crippen molar-refractivity contribution in [1.82, 2.24) is 5.06 Å². The summed E-state index contributed by atoms with van der Waals surface area (Å²) in [7, 11) is 2.08. The van der Waals surface area contributed by atoms with Crippen LogP contribution in [0.3, 0.4) is 0 Å². The smallest absolute Gasteiger partial charge is 0.324 e. The summed E-state index contributed by atoms with van der Waals surface area (Å²) in [6, 6.07) is 0. The van der Waals surface area contributed by atoms with Crippen LogP contribution in [0.15, 0.2) is 0 Å².